The fraction of sp³-hybridized carbons (Fsp3) is 0.533. The molecule has 19 heavy (non-hydrogen) atoms. The van der Waals surface area contributed by atoms with Crippen LogP contribution < -0.4 is 0 Å². The third-order valence-electron chi connectivity index (χ3n) is 4.56. The Hall–Kier alpha value is -1.06. The van der Waals surface area contributed by atoms with Crippen LogP contribution in [-0.2, 0) is 11.3 Å². The maximum atomic E-state index is 11.2. The van der Waals surface area contributed by atoms with Crippen molar-refractivity contribution in [1.29, 1.82) is 0 Å². The molecule has 0 radical (unpaired) electrons. The van der Waals surface area contributed by atoms with Gasteiger partial charge in [-0.3, -0.25) is 9.69 Å². The van der Waals surface area contributed by atoms with Gasteiger partial charge < -0.3 is 5.11 Å². The number of halogens is 1. The predicted molar refractivity (Wildman–Crippen MR) is 74.3 cm³/mol. The minimum absolute atomic E-state index is 0.192. The van der Waals surface area contributed by atoms with Gasteiger partial charge in [-0.25, -0.2) is 0 Å². The Labute approximate surface area is 118 Å². The first-order chi connectivity index (χ1) is 9.06. The molecule has 2 aliphatic rings. The van der Waals surface area contributed by atoms with E-state index in [1.165, 1.54) is 0 Å². The van der Waals surface area contributed by atoms with Crippen LogP contribution in [0.1, 0.15) is 30.4 Å². The number of carboxylic acid groups (broad SMARTS) is 1. The minimum atomic E-state index is -0.646. The van der Waals surface area contributed by atoms with Crippen LogP contribution in [0.5, 0.6) is 0 Å². The minimum Gasteiger partial charge on any atom is -0.481 e. The zero-order valence-corrected chi connectivity index (χ0v) is 11.7. The summed E-state index contributed by atoms with van der Waals surface area (Å²) in [5.41, 5.74) is 2.26. The van der Waals surface area contributed by atoms with Crippen LogP contribution in [-0.4, -0.2) is 28.1 Å². The van der Waals surface area contributed by atoms with E-state index in [1.54, 1.807) is 0 Å². The number of hydrogen-bond acceptors (Lipinski definition) is 2. The third kappa shape index (κ3) is 2.26. The molecule has 3 unspecified atom stereocenters. The van der Waals surface area contributed by atoms with Gasteiger partial charge in [-0.05, 0) is 43.4 Å². The number of hydrogen-bond donors (Lipinski definition) is 1. The molecular formula is C15H18ClNO2. The Balaban J connectivity index is 1.79. The summed E-state index contributed by atoms with van der Waals surface area (Å²) >= 11 is 6.28. The number of aliphatic carboxylic acids is 1. The van der Waals surface area contributed by atoms with Gasteiger partial charge in [-0.15, -0.1) is 0 Å². The van der Waals surface area contributed by atoms with Gasteiger partial charge in [0.05, 0.1) is 5.92 Å². The zero-order valence-electron chi connectivity index (χ0n) is 11.0. The van der Waals surface area contributed by atoms with Crippen molar-refractivity contribution < 1.29 is 9.90 Å². The summed E-state index contributed by atoms with van der Waals surface area (Å²) in [6.07, 6.45) is 2.92. The molecule has 2 heterocycles. The van der Waals surface area contributed by atoms with E-state index in [-0.39, 0.29) is 12.0 Å². The van der Waals surface area contributed by atoms with Crippen molar-refractivity contribution in [3.63, 3.8) is 0 Å². The number of benzene rings is 1. The van der Waals surface area contributed by atoms with E-state index < -0.39 is 5.97 Å². The Kier molecular flexibility index (Phi) is 3.27. The summed E-state index contributed by atoms with van der Waals surface area (Å²) in [7, 11) is 0. The molecule has 0 saturated carbocycles. The van der Waals surface area contributed by atoms with Crippen molar-refractivity contribution in [2.45, 2.75) is 44.8 Å². The number of rotatable bonds is 3. The molecule has 2 fully saturated rings. The lowest BCUT2D eigenvalue weighted by Gasteiger charge is -2.23. The second-order valence-electron chi connectivity index (χ2n) is 5.75. The molecule has 1 aromatic carbocycles. The zero-order chi connectivity index (χ0) is 13.6. The Morgan fingerprint density at radius 3 is 2.89 bits per heavy atom. The van der Waals surface area contributed by atoms with Gasteiger partial charge in [0.15, 0.2) is 0 Å². The first-order valence-electron chi connectivity index (χ1n) is 6.80. The molecule has 3 nitrogen and oxygen atoms in total. The molecule has 1 N–H and O–H groups in total. The number of aryl methyl sites for hydroxylation is 1. The molecule has 4 heteroatoms. The summed E-state index contributed by atoms with van der Waals surface area (Å²) < 4.78 is 0. The van der Waals surface area contributed by atoms with E-state index in [0.29, 0.717) is 6.04 Å². The van der Waals surface area contributed by atoms with Gasteiger partial charge in [0.1, 0.15) is 0 Å². The number of carboxylic acids is 1. The van der Waals surface area contributed by atoms with Crippen molar-refractivity contribution in [3.8, 4) is 0 Å². The summed E-state index contributed by atoms with van der Waals surface area (Å²) in [5, 5.41) is 10.0. The monoisotopic (exact) mass is 279 g/mol. The highest BCUT2D eigenvalue weighted by Crippen LogP contribution is 2.43. The van der Waals surface area contributed by atoms with Crippen molar-refractivity contribution in [2.75, 3.05) is 0 Å². The second kappa shape index (κ2) is 4.80. The molecule has 102 valence electrons. The van der Waals surface area contributed by atoms with E-state index in [1.807, 2.05) is 13.0 Å². The maximum Gasteiger partial charge on any atom is 0.308 e. The van der Waals surface area contributed by atoms with E-state index in [4.69, 9.17) is 11.6 Å². The quantitative estimate of drug-likeness (QED) is 0.924. The average Bonchev–Trinajstić information content (AvgIpc) is 2.90. The van der Waals surface area contributed by atoms with E-state index in [2.05, 4.69) is 17.0 Å². The molecule has 0 spiro atoms. The number of fused-ring (bicyclic) bond motifs is 2. The normalized spacial score (nSPS) is 29.9. The van der Waals surface area contributed by atoms with Gasteiger partial charge in [0.2, 0.25) is 0 Å². The lowest BCUT2D eigenvalue weighted by Crippen LogP contribution is -2.32. The van der Waals surface area contributed by atoms with Gasteiger partial charge >= 0.3 is 5.97 Å². The molecule has 0 aromatic heterocycles. The molecule has 2 aliphatic heterocycles. The molecule has 2 saturated heterocycles. The standard InChI is InChI=1S/C15H18ClNO2/c1-9-2-3-10(13(16)6-9)8-17-11-4-5-14(17)12(7-11)15(18)19/h2-3,6,11-12,14H,4-5,7-8H2,1H3,(H,18,19). The Morgan fingerprint density at radius 1 is 1.47 bits per heavy atom. The molecule has 0 amide bonds. The molecule has 0 aliphatic carbocycles. The van der Waals surface area contributed by atoms with Crippen molar-refractivity contribution in [1.82, 2.24) is 4.90 Å². The largest absolute Gasteiger partial charge is 0.481 e. The molecule has 3 rings (SSSR count). The van der Waals surface area contributed by atoms with Crippen LogP contribution in [0.2, 0.25) is 5.02 Å². The van der Waals surface area contributed by atoms with Gasteiger partial charge in [0, 0.05) is 23.7 Å². The van der Waals surface area contributed by atoms with Gasteiger partial charge in [-0.2, -0.15) is 0 Å². The van der Waals surface area contributed by atoms with Crippen LogP contribution in [0.3, 0.4) is 0 Å². The summed E-state index contributed by atoms with van der Waals surface area (Å²) in [6, 6.07) is 6.71. The molecule has 2 bridgehead atoms. The van der Waals surface area contributed by atoms with Crippen LogP contribution in [0, 0.1) is 12.8 Å². The fourth-order valence-corrected chi connectivity index (χ4v) is 3.89. The van der Waals surface area contributed by atoms with Crippen molar-refractivity contribution in [3.05, 3.63) is 34.3 Å². The topological polar surface area (TPSA) is 40.5 Å². The van der Waals surface area contributed by atoms with E-state index >= 15 is 0 Å². The van der Waals surface area contributed by atoms with Gasteiger partial charge in [-0.1, -0.05) is 23.7 Å². The number of carbonyl (C=O) groups is 1. The highest BCUT2D eigenvalue weighted by molar-refractivity contribution is 6.31. The van der Waals surface area contributed by atoms with E-state index in [9.17, 15) is 9.90 Å². The maximum absolute atomic E-state index is 11.2. The highest BCUT2D eigenvalue weighted by Gasteiger charge is 2.49. The summed E-state index contributed by atoms with van der Waals surface area (Å²) in [4.78, 5) is 13.6. The van der Waals surface area contributed by atoms with Crippen molar-refractivity contribution >= 4 is 17.6 Å². The fourth-order valence-electron chi connectivity index (χ4n) is 3.59. The Bertz CT molecular complexity index is 517. The van der Waals surface area contributed by atoms with Crippen molar-refractivity contribution in [2.24, 2.45) is 5.92 Å². The lowest BCUT2D eigenvalue weighted by atomic mass is 9.89. The smallest absolute Gasteiger partial charge is 0.308 e. The predicted octanol–water partition coefficient (Wildman–Crippen LogP) is 3.09. The summed E-state index contributed by atoms with van der Waals surface area (Å²) in [5.74, 6) is -0.838. The Morgan fingerprint density at radius 2 is 2.26 bits per heavy atom. The van der Waals surface area contributed by atoms with Crippen LogP contribution in [0.15, 0.2) is 18.2 Å². The average molecular weight is 280 g/mol. The second-order valence-corrected chi connectivity index (χ2v) is 6.15. The highest BCUT2D eigenvalue weighted by atomic mass is 35.5. The van der Waals surface area contributed by atoms with Gasteiger partial charge in [0.25, 0.3) is 0 Å². The van der Waals surface area contributed by atoms with Crippen LogP contribution >= 0.6 is 11.6 Å². The molecular weight excluding hydrogens is 262 g/mol. The first kappa shape index (κ1) is 12.9. The molecule has 1 aromatic rings. The van der Waals surface area contributed by atoms with Crippen LogP contribution in [0.4, 0.5) is 0 Å². The third-order valence-corrected chi connectivity index (χ3v) is 4.91. The SMILES string of the molecule is Cc1ccc(CN2C3CCC2C(C(=O)O)C3)c(Cl)c1. The lowest BCUT2D eigenvalue weighted by molar-refractivity contribution is -0.142. The first-order valence-corrected chi connectivity index (χ1v) is 7.17. The van der Waals surface area contributed by atoms with E-state index in [0.717, 1.165) is 42.0 Å². The summed E-state index contributed by atoms with van der Waals surface area (Å²) in [6.45, 7) is 2.80. The van der Waals surface area contributed by atoms with Crippen LogP contribution in [0.25, 0.3) is 0 Å². The number of nitrogens with zero attached hydrogens (tertiary/aromatic N) is 1. The molecule has 3 atom stereocenters.